The fourth-order valence-corrected chi connectivity index (χ4v) is 3.02. The Bertz CT molecular complexity index is 571. The minimum absolute atomic E-state index is 0.0931. The molecule has 0 saturated carbocycles. The normalized spacial score (nSPS) is 11.6. The molecule has 0 aliphatic carbocycles. The molecular weight excluding hydrogens is 290 g/mol. The molecule has 0 saturated heterocycles. The van der Waals surface area contributed by atoms with E-state index in [0.29, 0.717) is 18.7 Å². The average molecular weight is 313 g/mol. The van der Waals surface area contributed by atoms with Crippen LogP contribution in [0.5, 0.6) is 0 Å². The summed E-state index contributed by atoms with van der Waals surface area (Å²) in [6.45, 7) is 7.48. The van der Waals surface area contributed by atoms with E-state index < -0.39 is 10.0 Å². The van der Waals surface area contributed by atoms with Crippen LogP contribution in [0.25, 0.3) is 0 Å². The van der Waals surface area contributed by atoms with Gasteiger partial charge in [0.1, 0.15) is 0 Å². The molecule has 1 amide bonds. The zero-order valence-electron chi connectivity index (χ0n) is 12.6. The highest BCUT2D eigenvalue weighted by Gasteiger charge is 2.17. The number of amides is 1. The summed E-state index contributed by atoms with van der Waals surface area (Å²) in [5, 5.41) is 5.83. The lowest BCUT2D eigenvalue weighted by atomic mass is 10.2. The maximum absolute atomic E-state index is 12.1. The summed E-state index contributed by atoms with van der Waals surface area (Å²) < 4.78 is 26.6. The summed E-state index contributed by atoms with van der Waals surface area (Å²) in [4.78, 5) is 12.0. The van der Waals surface area contributed by atoms with Crippen LogP contribution in [0, 0.1) is 0 Å². The van der Waals surface area contributed by atoms with Crippen LogP contribution in [0.15, 0.2) is 29.2 Å². The lowest BCUT2D eigenvalue weighted by Gasteiger charge is -2.11. The van der Waals surface area contributed by atoms with Crippen LogP contribution in [0.2, 0.25) is 0 Å². The van der Waals surface area contributed by atoms with Gasteiger partial charge in [0.2, 0.25) is 10.0 Å². The number of rotatable bonds is 8. The number of nitrogens with one attached hydrogen (secondary N) is 3. The van der Waals surface area contributed by atoms with Crippen molar-refractivity contribution < 1.29 is 13.2 Å². The van der Waals surface area contributed by atoms with Gasteiger partial charge >= 0.3 is 0 Å². The summed E-state index contributed by atoms with van der Waals surface area (Å²) in [6, 6.07) is 5.81. The highest BCUT2D eigenvalue weighted by molar-refractivity contribution is 7.89. The first kappa shape index (κ1) is 17.6. The minimum atomic E-state index is -3.59. The first-order valence-corrected chi connectivity index (χ1v) is 8.46. The van der Waals surface area contributed by atoms with E-state index in [9.17, 15) is 13.2 Å². The van der Waals surface area contributed by atoms with Gasteiger partial charge < -0.3 is 10.6 Å². The van der Waals surface area contributed by atoms with Crippen molar-refractivity contribution >= 4 is 15.9 Å². The molecule has 0 aromatic heterocycles. The van der Waals surface area contributed by atoms with E-state index >= 15 is 0 Å². The van der Waals surface area contributed by atoms with Gasteiger partial charge in [0.15, 0.2) is 0 Å². The Hall–Kier alpha value is -1.44. The van der Waals surface area contributed by atoms with E-state index in [4.69, 9.17) is 0 Å². The van der Waals surface area contributed by atoms with Crippen LogP contribution >= 0.6 is 0 Å². The predicted octanol–water partition coefficient (Wildman–Crippen LogP) is 0.713. The van der Waals surface area contributed by atoms with E-state index in [1.165, 1.54) is 12.1 Å². The summed E-state index contributed by atoms with van der Waals surface area (Å²) in [7, 11) is -3.59. The number of likely N-dealkylation sites (N-methyl/N-ethyl adjacent to an activating group) is 1. The van der Waals surface area contributed by atoms with E-state index in [2.05, 4.69) is 15.4 Å². The second-order valence-electron chi connectivity index (χ2n) is 4.91. The summed E-state index contributed by atoms with van der Waals surface area (Å²) >= 11 is 0. The van der Waals surface area contributed by atoms with Crippen LogP contribution in [-0.2, 0) is 10.0 Å². The highest BCUT2D eigenvalue weighted by Crippen LogP contribution is 2.12. The number of hydrogen-bond donors (Lipinski definition) is 3. The first-order valence-electron chi connectivity index (χ1n) is 6.98. The van der Waals surface area contributed by atoms with Gasteiger partial charge in [-0.1, -0.05) is 13.0 Å². The molecule has 0 spiro atoms. The van der Waals surface area contributed by atoms with E-state index in [1.54, 1.807) is 26.0 Å². The Labute approximate surface area is 126 Å². The monoisotopic (exact) mass is 313 g/mol. The molecular formula is C14H23N3O3S. The van der Waals surface area contributed by atoms with Gasteiger partial charge in [0.25, 0.3) is 5.91 Å². The molecule has 1 aromatic rings. The molecule has 0 aliphatic rings. The van der Waals surface area contributed by atoms with Crippen molar-refractivity contribution in [3.05, 3.63) is 29.8 Å². The number of carbonyl (C=O) groups excluding carboxylic acids is 1. The maximum Gasteiger partial charge on any atom is 0.251 e. The molecule has 3 N–H and O–H groups in total. The Balaban J connectivity index is 2.78. The quantitative estimate of drug-likeness (QED) is 0.617. The molecule has 0 unspecified atom stereocenters. The van der Waals surface area contributed by atoms with Gasteiger partial charge in [0.05, 0.1) is 4.90 Å². The summed E-state index contributed by atoms with van der Waals surface area (Å²) in [6.07, 6.45) is 0. The maximum atomic E-state index is 12.1. The number of carbonyl (C=O) groups is 1. The fraction of sp³-hybridized carbons (Fsp3) is 0.500. The largest absolute Gasteiger partial charge is 0.351 e. The minimum Gasteiger partial charge on any atom is -0.351 e. The smallest absolute Gasteiger partial charge is 0.251 e. The van der Waals surface area contributed by atoms with Crippen LogP contribution in [0.3, 0.4) is 0 Å². The van der Waals surface area contributed by atoms with Crippen molar-refractivity contribution in [1.82, 2.24) is 15.4 Å². The zero-order chi connectivity index (χ0) is 15.9. The molecule has 1 rings (SSSR count). The number of sulfonamides is 1. The first-order chi connectivity index (χ1) is 9.86. The summed E-state index contributed by atoms with van der Waals surface area (Å²) in [5.41, 5.74) is 0.332. The molecule has 0 aliphatic heterocycles. The third kappa shape index (κ3) is 5.82. The molecule has 118 valence electrons. The molecule has 21 heavy (non-hydrogen) atoms. The SMILES string of the molecule is CCNCCNC(=O)c1cccc(S(=O)(=O)NC(C)C)c1. The average Bonchev–Trinajstić information content (AvgIpc) is 2.42. The van der Waals surface area contributed by atoms with Crippen LogP contribution in [-0.4, -0.2) is 40.0 Å². The van der Waals surface area contributed by atoms with Crippen LogP contribution < -0.4 is 15.4 Å². The van der Waals surface area contributed by atoms with Crippen molar-refractivity contribution in [3.8, 4) is 0 Å². The second kappa shape index (κ2) is 8.11. The van der Waals surface area contributed by atoms with Gasteiger partial charge in [-0.15, -0.1) is 0 Å². The molecule has 7 heteroatoms. The Morgan fingerprint density at radius 1 is 1.24 bits per heavy atom. The van der Waals surface area contributed by atoms with Crippen LogP contribution in [0.4, 0.5) is 0 Å². The molecule has 0 fully saturated rings. The lowest BCUT2D eigenvalue weighted by Crippen LogP contribution is -2.32. The molecule has 0 bridgehead atoms. The highest BCUT2D eigenvalue weighted by atomic mass is 32.2. The van der Waals surface area contributed by atoms with E-state index in [-0.39, 0.29) is 16.8 Å². The van der Waals surface area contributed by atoms with Gasteiger partial charge in [-0.3, -0.25) is 4.79 Å². The van der Waals surface area contributed by atoms with Crippen molar-refractivity contribution in [1.29, 1.82) is 0 Å². The van der Waals surface area contributed by atoms with Crippen molar-refractivity contribution in [2.45, 2.75) is 31.7 Å². The van der Waals surface area contributed by atoms with Crippen molar-refractivity contribution in [2.24, 2.45) is 0 Å². The number of hydrogen-bond acceptors (Lipinski definition) is 4. The molecule has 0 radical (unpaired) electrons. The Morgan fingerprint density at radius 2 is 1.95 bits per heavy atom. The third-order valence-corrected chi connectivity index (χ3v) is 4.29. The third-order valence-electron chi connectivity index (χ3n) is 2.63. The topological polar surface area (TPSA) is 87.3 Å². The molecule has 0 heterocycles. The standard InChI is InChI=1S/C14H23N3O3S/c1-4-15-8-9-16-14(18)12-6-5-7-13(10-12)21(19,20)17-11(2)3/h5-7,10-11,15,17H,4,8-9H2,1-3H3,(H,16,18). The van der Waals surface area contributed by atoms with Gasteiger partial charge in [0, 0.05) is 24.7 Å². The molecule has 6 nitrogen and oxygen atoms in total. The fourth-order valence-electron chi connectivity index (χ4n) is 1.73. The van der Waals surface area contributed by atoms with E-state index in [0.717, 1.165) is 6.54 Å². The zero-order valence-corrected chi connectivity index (χ0v) is 13.5. The molecule has 1 aromatic carbocycles. The van der Waals surface area contributed by atoms with Crippen molar-refractivity contribution in [2.75, 3.05) is 19.6 Å². The summed E-state index contributed by atoms with van der Waals surface area (Å²) in [5.74, 6) is -0.283. The number of benzene rings is 1. The van der Waals surface area contributed by atoms with Gasteiger partial charge in [-0.05, 0) is 38.6 Å². The Kier molecular flexibility index (Phi) is 6.80. The van der Waals surface area contributed by atoms with E-state index in [1.807, 2.05) is 6.92 Å². The predicted molar refractivity (Wildman–Crippen MR) is 82.8 cm³/mol. The van der Waals surface area contributed by atoms with Gasteiger partial charge in [-0.2, -0.15) is 0 Å². The second-order valence-corrected chi connectivity index (χ2v) is 6.63. The van der Waals surface area contributed by atoms with Crippen LogP contribution in [0.1, 0.15) is 31.1 Å². The molecule has 0 atom stereocenters. The van der Waals surface area contributed by atoms with Crippen molar-refractivity contribution in [3.63, 3.8) is 0 Å². The Morgan fingerprint density at radius 3 is 2.57 bits per heavy atom. The van der Waals surface area contributed by atoms with Gasteiger partial charge in [-0.25, -0.2) is 13.1 Å². The lowest BCUT2D eigenvalue weighted by molar-refractivity contribution is 0.0953.